The van der Waals surface area contributed by atoms with Crippen molar-refractivity contribution in [3.05, 3.63) is 71.2 Å². The van der Waals surface area contributed by atoms with E-state index in [1.807, 2.05) is 18.2 Å². The van der Waals surface area contributed by atoms with Crippen molar-refractivity contribution in [1.82, 2.24) is 19.7 Å². The molecule has 0 spiro atoms. The number of benzene rings is 2. The molecule has 0 saturated carbocycles. The predicted molar refractivity (Wildman–Crippen MR) is 142 cm³/mol. The van der Waals surface area contributed by atoms with E-state index in [4.69, 9.17) is 4.74 Å². The summed E-state index contributed by atoms with van der Waals surface area (Å²) in [6.07, 6.45) is 1.22. The van der Waals surface area contributed by atoms with E-state index in [1.165, 1.54) is 26.1 Å². The monoisotopic (exact) mass is 535 g/mol. The van der Waals surface area contributed by atoms with Crippen LogP contribution < -0.4 is 9.64 Å². The molecule has 2 aliphatic rings. The van der Waals surface area contributed by atoms with Crippen molar-refractivity contribution in [2.75, 3.05) is 31.6 Å². The van der Waals surface area contributed by atoms with Crippen molar-refractivity contribution in [3.8, 4) is 16.9 Å². The first-order chi connectivity index (χ1) is 18.7. The van der Waals surface area contributed by atoms with Gasteiger partial charge in [-0.3, -0.25) is 19.4 Å². The Morgan fingerprint density at radius 1 is 1.03 bits per heavy atom. The van der Waals surface area contributed by atoms with Gasteiger partial charge >= 0.3 is 6.18 Å². The Morgan fingerprint density at radius 2 is 1.79 bits per heavy atom. The number of rotatable bonds is 5. The summed E-state index contributed by atoms with van der Waals surface area (Å²) < 4.78 is 48.0. The molecule has 4 heterocycles. The molecule has 4 aromatic rings. The molecular weight excluding hydrogens is 507 g/mol. The van der Waals surface area contributed by atoms with Gasteiger partial charge < -0.3 is 9.64 Å². The second-order valence-electron chi connectivity index (χ2n) is 10.1. The van der Waals surface area contributed by atoms with E-state index in [1.54, 1.807) is 36.4 Å². The van der Waals surface area contributed by atoms with Crippen molar-refractivity contribution in [1.29, 1.82) is 0 Å². The fourth-order valence-corrected chi connectivity index (χ4v) is 5.84. The normalized spacial score (nSPS) is 16.2. The summed E-state index contributed by atoms with van der Waals surface area (Å²) in [5, 5.41) is 4.47. The van der Waals surface area contributed by atoms with Gasteiger partial charge in [0.25, 0.3) is 5.91 Å². The number of amides is 1. The van der Waals surface area contributed by atoms with Crippen molar-refractivity contribution < 1.29 is 22.7 Å². The van der Waals surface area contributed by atoms with E-state index >= 15 is 0 Å². The van der Waals surface area contributed by atoms with Crippen LogP contribution >= 0.6 is 0 Å². The summed E-state index contributed by atoms with van der Waals surface area (Å²) >= 11 is 0. The second kappa shape index (κ2) is 9.68. The zero-order chi connectivity index (χ0) is 27.3. The molecular formula is C29H28F3N5O2. The lowest BCUT2D eigenvalue weighted by atomic mass is 9.90. The molecule has 39 heavy (non-hydrogen) atoms. The first kappa shape index (κ1) is 25.4. The number of nitrogens with zero attached hydrogens (tertiary/aromatic N) is 5. The first-order valence-corrected chi connectivity index (χ1v) is 13.0. The highest BCUT2D eigenvalue weighted by Gasteiger charge is 2.39. The standard InChI is InChI=1S/C29H28F3N5O2/c1-35-17-24(27(34-35)29(30,31)32)20-6-5-7-22-21(20)9-13-37(28(22)38)25-8-10-33-26-18(16-36-11-3-4-12-36)14-19(39-2)15-23(25)26/h5-8,10,14-15,17H,3-4,9,11-13,16H2,1-2H3. The Morgan fingerprint density at radius 3 is 2.54 bits per heavy atom. The largest absolute Gasteiger partial charge is 0.497 e. The third-order valence-corrected chi connectivity index (χ3v) is 7.62. The molecule has 0 atom stereocenters. The van der Waals surface area contributed by atoms with Crippen LogP contribution in [0.5, 0.6) is 5.75 Å². The topological polar surface area (TPSA) is 63.5 Å². The summed E-state index contributed by atoms with van der Waals surface area (Å²) in [5.41, 5.74) is 2.97. The number of methoxy groups -OCH3 is 1. The molecule has 0 radical (unpaired) electrons. The highest BCUT2D eigenvalue weighted by atomic mass is 19.4. The van der Waals surface area contributed by atoms with Gasteiger partial charge in [-0.1, -0.05) is 12.1 Å². The van der Waals surface area contributed by atoms with Crippen molar-refractivity contribution in [2.45, 2.75) is 32.0 Å². The van der Waals surface area contributed by atoms with Gasteiger partial charge in [-0.2, -0.15) is 18.3 Å². The smallest absolute Gasteiger partial charge is 0.435 e. The van der Waals surface area contributed by atoms with Gasteiger partial charge in [0.2, 0.25) is 0 Å². The SMILES string of the molecule is COc1cc(CN2CCCC2)c2nccc(N3CCc4c(cccc4-c4cn(C)nc4C(F)(F)F)C3=O)c2c1. The molecule has 2 aromatic heterocycles. The van der Waals surface area contributed by atoms with E-state index in [9.17, 15) is 18.0 Å². The van der Waals surface area contributed by atoms with E-state index in [0.29, 0.717) is 41.1 Å². The molecule has 0 bridgehead atoms. The zero-order valence-electron chi connectivity index (χ0n) is 21.8. The third kappa shape index (κ3) is 4.52. The average Bonchev–Trinajstić information content (AvgIpc) is 3.58. The number of halogens is 3. The molecule has 1 saturated heterocycles. The number of hydrogen-bond acceptors (Lipinski definition) is 5. The molecule has 0 unspecified atom stereocenters. The molecule has 1 amide bonds. The number of anilines is 1. The molecule has 6 rings (SSSR count). The number of fused-ring (bicyclic) bond motifs is 2. The number of aromatic nitrogens is 3. The van der Waals surface area contributed by atoms with Gasteiger partial charge in [0.1, 0.15) is 5.75 Å². The van der Waals surface area contributed by atoms with E-state index in [0.717, 1.165) is 40.8 Å². The number of ether oxygens (including phenoxy) is 1. The Hall–Kier alpha value is -3.92. The molecule has 0 aliphatic carbocycles. The molecule has 2 aliphatic heterocycles. The summed E-state index contributed by atoms with van der Waals surface area (Å²) in [4.78, 5) is 22.6. The fourth-order valence-electron chi connectivity index (χ4n) is 5.84. The summed E-state index contributed by atoms with van der Waals surface area (Å²) in [7, 11) is 3.08. The van der Waals surface area contributed by atoms with Crippen LogP contribution in [0.25, 0.3) is 22.0 Å². The number of hydrogen-bond donors (Lipinski definition) is 0. The van der Waals surface area contributed by atoms with E-state index in [-0.39, 0.29) is 11.5 Å². The Labute approximate surface area is 223 Å². The van der Waals surface area contributed by atoms with Crippen LogP contribution in [0.15, 0.2) is 48.8 Å². The maximum absolute atomic E-state index is 13.9. The average molecular weight is 536 g/mol. The number of pyridine rings is 1. The maximum atomic E-state index is 13.9. The Kier molecular flexibility index (Phi) is 6.29. The lowest BCUT2D eigenvalue weighted by Crippen LogP contribution is -2.38. The Balaban J connectivity index is 1.42. The van der Waals surface area contributed by atoms with Crippen LogP contribution in [0.4, 0.5) is 18.9 Å². The molecule has 2 aromatic carbocycles. The van der Waals surface area contributed by atoms with Gasteiger partial charge in [0.15, 0.2) is 5.69 Å². The van der Waals surface area contributed by atoms with Gasteiger partial charge in [0.05, 0.1) is 18.3 Å². The summed E-state index contributed by atoms with van der Waals surface area (Å²) in [6.45, 7) is 3.14. The van der Waals surface area contributed by atoms with Gasteiger partial charge in [-0.25, -0.2) is 0 Å². The Bertz CT molecular complexity index is 1570. The number of alkyl halides is 3. The number of aryl methyl sites for hydroxylation is 1. The number of carbonyl (C=O) groups is 1. The van der Waals surface area contributed by atoms with Crippen LogP contribution in [0, 0.1) is 0 Å². The quantitative estimate of drug-likeness (QED) is 0.340. The number of likely N-dealkylation sites (tertiary alicyclic amines) is 1. The molecule has 1 fully saturated rings. The molecule has 7 nitrogen and oxygen atoms in total. The van der Waals surface area contributed by atoms with Crippen molar-refractivity contribution in [3.63, 3.8) is 0 Å². The zero-order valence-corrected chi connectivity index (χ0v) is 21.8. The lowest BCUT2D eigenvalue weighted by molar-refractivity contribution is -0.140. The van der Waals surface area contributed by atoms with Crippen LogP contribution in [0.2, 0.25) is 0 Å². The summed E-state index contributed by atoms with van der Waals surface area (Å²) in [5.74, 6) is 0.432. The van der Waals surface area contributed by atoms with Gasteiger partial charge in [-0.15, -0.1) is 0 Å². The van der Waals surface area contributed by atoms with E-state index in [2.05, 4.69) is 15.0 Å². The lowest BCUT2D eigenvalue weighted by Gasteiger charge is -2.31. The highest BCUT2D eigenvalue weighted by molar-refractivity contribution is 6.13. The molecule has 10 heteroatoms. The maximum Gasteiger partial charge on any atom is 0.435 e. The van der Waals surface area contributed by atoms with Gasteiger partial charge in [-0.05, 0) is 73.3 Å². The third-order valence-electron chi connectivity index (χ3n) is 7.62. The van der Waals surface area contributed by atoms with Gasteiger partial charge in [0, 0.05) is 49.0 Å². The minimum Gasteiger partial charge on any atom is -0.497 e. The highest BCUT2D eigenvalue weighted by Crippen LogP contribution is 2.40. The summed E-state index contributed by atoms with van der Waals surface area (Å²) in [6, 6.07) is 10.7. The fraction of sp³-hybridized carbons (Fsp3) is 0.345. The minimum atomic E-state index is -4.61. The van der Waals surface area contributed by atoms with Crippen LogP contribution in [-0.2, 0) is 26.2 Å². The minimum absolute atomic E-state index is 0.0197. The molecule has 0 N–H and O–H groups in total. The van der Waals surface area contributed by atoms with Crippen LogP contribution in [-0.4, -0.2) is 52.3 Å². The van der Waals surface area contributed by atoms with Crippen molar-refractivity contribution in [2.24, 2.45) is 7.05 Å². The molecule has 202 valence electrons. The van der Waals surface area contributed by atoms with Crippen LogP contribution in [0.3, 0.4) is 0 Å². The predicted octanol–water partition coefficient (Wildman–Crippen LogP) is 5.46. The van der Waals surface area contributed by atoms with Crippen molar-refractivity contribution >= 4 is 22.5 Å². The second-order valence-corrected chi connectivity index (χ2v) is 10.1. The van der Waals surface area contributed by atoms with E-state index < -0.39 is 11.9 Å². The number of carbonyl (C=O) groups excluding carboxylic acids is 1. The van der Waals surface area contributed by atoms with Crippen LogP contribution in [0.1, 0.15) is 40.0 Å². The first-order valence-electron chi connectivity index (χ1n) is 13.0.